The molecule has 1 heterocycles. The van der Waals surface area contributed by atoms with Crippen molar-refractivity contribution in [2.24, 2.45) is 5.92 Å². The molecule has 1 saturated carbocycles. The number of hydrogen-bond donors (Lipinski definition) is 1. The van der Waals surface area contributed by atoms with E-state index in [0.717, 1.165) is 18.9 Å². The van der Waals surface area contributed by atoms with E-state index in [4.69, 9.17) is 5.11 Å². The Hall–Kier alpha value is -0.570. The number of carboxylic acids is 1. The Morgan fingerprint density at radius 3 is 2.62 bits per heavy atom. The van der Waals surface area contributed by atoms with Crippen LogP contribution in [0.5, 0.6) is 0 Å². The molecule has 1 N–H and O–H groups in total. The molecule has 0 amide bonds. The van der Waals surface area contributed by atoms with E-state index < -0.39 is 5.97 Å². The van der Waals surface area contributed by atoms with Crippen LogP contribution in [0.3, 0.4) is 0 Å². The summed E-state index contributed by atoms with van der Waals surface area (Å²) in [6.07, 6.45) is 8.00. The average Bonchev–Trinajstić information content (AvgIpc) is 2.84. The molecule has 0 spiro atoms. The molecule has 3 nitrogen and oxygen atoms in total. The largest absolute Gasteiger partial charge is 0.481 e. The minimum Gasteiger partial charge on any atom is -0.481 e. The van der Waals surface area contributed by atoms with Gasteiger partial charge in [0.2, 0.25) is 0 Å². The van der Waals surface area contributed by atoms with Gasteiger partial charge >= 0.3 is 5.97 Å². The highest BCUT2D eigenvalue weighted by molar-refractivity contribution is 5.67. The van der Waals surface area contributed by atoms with E-state index in [9.17, 15) is 4.79 Å². The average molecular weight is 225 g/mol. The van der Waals surface area contributed by atoms with E-state index in [2.05, 4.69) is 11.8 Å². The molecule has 0 aromatic heterocycles. The van der Waals surface area contributed by atoms with Crippen molar-refractivity contribution in [3.8, 4) is 0 Å². The summed E-state index contributed by atoms with van der Waals surface area (Å²) in [5.74, 6) is 0.171. The number of rotatable bonds is 4. The second-order valence-electron chi connectivity index (χ2n) is 5.42. The van der Waals surface area contributed by atoms with E-state index in [1.54, 1.807) is 0 Å². The molecule has 1 aliphatic carbocycles. The zero-order valence-corrected chi connectivity index (χ0v) is 10.2. The maximum atomic E-state index is 10.8. The monoisotopic (exact) mass is 225 g/mol. The number of carbonyl (C=O) groups is 1. The molecule has 2 atom stereocenters. The molecule has 0 bridgehead atoms. The summed E-state index contributed by atoms with van der Waals surface area (Å²) in [4.78, 5) is 13.3. The molecule has 0 aromatic carbocycles. The van der Waals surface area contributed by atoms with Gasteiger partial charge < -0.3 is 5.11 Å². The van der Waals surface area contributed by atoms with Gasteiger partial charge in [-0.25, -0.2) is 0 Å². The number of likely N-dealkylation sites (tertiary alicyclic amines) is 1. The molecule has 1 aliphatic heterocycles. The number of nitrogens with zero attached hydrogens (tertiary/aromatic N) is 1. The van der Waals surface area contributed by atoms with E-state index in [-0.39, 0.29) is 0 Å². The molecule has 2 rings (SSSR count). The topological polar surface area (TPSA) is 40.5 Å². The molecular weight excluding hydrogens is 202 g/mol. The Kier molecular flexibility index (Phi) is 3.85. The molecule has 92 valence electrons. The van der Waals surface area contributed by atoms with Gasteiger partial charge in [0.15, 0.2) is 0 Å². The summed E-state index contributed by atoms with van der Waals surface area (Å²) in [6, 6.07) is 0.891. The summed E-state index contributed by atoms with van der Waals surface area (Å²) < 4.78 is 0. The molecule has 3 heteroatoms. The van der Waals surface area contributed by atoms with Gasteiger partial charge in [0.1, 0.15) is 0 Å². The first-order valence-electron chi connectivity index (χ1n) is 6.66. The highest BCUT2D eigenvalue weighted by Crippen LogP contribution is 2.34. The predicted molar refractivity (Wildman–Crippen MR) is 63.4 cm³/mol. The van der Waals surface area contributed by atoms with Crippen LogP contribution in [0.4, 0.5) is 0 Å². The second-order valence-corrected chi connectivity index (χ2v) is 5.42. The third kappa shape index (κ3) is 2.57. The van der Waals surface area contributed by atoms with E-state index >= 15 is 0 Å². The van der Waals surface area contributed by atoms with Crippen LogP contribution in [-0.2, 0) is 4.79 Å². The number of hydrogen-bond acceptors (Lipinski definition) is 2. The van der Waals surface area contributed by atoms with Crippen molar-refractivity contribution < 1.29 is 9.90 Å². The van der Waals surface area contributed by atoms with Crippen molar-refractivity contribution in [1.29, 1.82) is 0 Å². The normalized spacial score (nSPS) is 29.7. The maximum Gasteiger partial charge on any atom is 0.304 e. The molecular formula is C13H23NO2. The van der Waals surface area contributed by atoms with Gasteiger partial charge in [0, 0.05) is 12.1 Å². The van der Waals surface area contributed by atoms with Crippen molar-refractivity contribution >= 4 is 5.97 Å². The van der Waals surface area contributed by atoms with Crippen LogP contribution in [-0.4, -0.2) is 34.6 Å². The summed E-state index contributed by atoms with van der Waals surface area (Å²) >= 11 is 0. The third-order valence-electron chi connectivity index (χ3n) is 4.44. The Balaban J connectivity index is 1.93. The maximum absolute atomic E-state index is 10.8. The predicted octanol–water partition coefficient (Wildman–Crippen LogP) is 2.50. The summed E-state index contributed by atoms with van der Waals surface area (Å²) in [7, 11) is 0. The van der Waals surface area contributed by atoms with Crippen molar-refractivity contribution in [3.63, 3.8) is 0 Å². The van der Waals surface area contributed by atoms with Gasteiger partial charge in [0.25, 0.3) is 0 Å². The molecule has 1 saturated heterocycles. The van der Waals surface area contributed by atoms with Gasteiger partial charge in [-0.3, -0.25) is 9.69 Å². The van der Waals surface area contributed by atoms with E-state index in [0.29, 0.717) is 18.5 Å². The lowest BCUT2D eigenvalue weighted by molar-refractivity contribution is -0.138. The molecule has 2 unspecified atom stereocenters. The first-order valence-corrected chi connectivity index (χ1v) is 6.66. The zero-order valence-electron chi connectivity index (χ0n) is 10.2. The van der Waals surface area contributed by atoms with Gasteiger partial charge in [-0.1, -0.05) is 12.8 Å². The first kappa shape index (κ1) is 11.9. The fourth-order valence-electron chi connectivity index (χ4n) is 3.53. The van der Waals surface area contributed by atoms with Crippen LogP contribution in [0.1, 0.15) is 51.9 Å². The van der Waals surface area contributed by atoms with Crippen molar-refractivity contribution in [1.82, 2.24) is 4.90 Å². The molecule has 2 aliphatic rings. The van der Waals surface area contributed by atoms with Crippen LogP contribution in [0.25, 0.3) is 0 Å². The van der Waals surface area contributed by atoms with Gasteiger partial charge in [-0.05, 0) is 45.1 Å². The summed E-state index contributed by atoms with van der Waals surface area (Å²) in [5.41, 5.74) is 0. The fourth-order valence-corrected chi connectivity index (χ4v) is 3.53. The Bertz CT molecular complexity index is 248. The molecule has 0 aromatic rings. The lowest BCUT2D eigenvalue weighted by Gasteiger charge is -2.33. The van der Waals surface area contributed by atoms with Crippen LogP contribution in [0, 0.1) is 5.92 Å². The lowest BCUT2D eigenvalue weighted by atomic mass is 9.97. The third-order valence-corrected chi connectivity index (χ3v) is 4.44. The minimum absolute atomic E-state index is 0.299. The quantitative estimate of drug-likeness (QED) is 0.799. The Labute approximate surface area is 97.8 Å². The standard InChI is InChI=1S/C13H23NO2/c1-10(11-5-2-3-6-11)14-8-4-7-12(14)9-13(15)16/h10-12H,2-9H2,1H3,(H,15,16). The fraction of sp³-hybridized carbons (Fsp3) is 0.923. The number of carboxylic acid groups (broad SMARTS) is 1. The lowest BCUT2D eigenvalue weighted by Crippen LogP contribution is -2.42. The van der Waals surface area contributed by atoms with Crippen LogP contribution < -0.4 is 0 Å². The van der Waals surface area contributed by atoms with Gasteiger partial charge in [0.05, 0.1) is 6.42 Å². The summed E-state index contributed by atoms with van der Waals surface area (Å²) in [5, 5.41) is 8.91. The highest BCUT2D eigenvalue weighted by Gasteiger charge is 2.34. The van der Waals surface area contributed by atoms with E-state index in [1.807, 2.05) is 0 Å². The Morgan fingerprint density at radius 1 is 1.31 bits per heavy atom. The molecule has 2 fully saturated rings. The smallest absolute Gasteiger partial charge is 0.304 e. The Morgan fingerprint density at radius 2 is 2.00 bits per heavy atom. The van der Waals surface area contributed by atoms with Crippen molar-refractivity contribution in [3.05, 3.63) is 0 Å². The molecule has 0 radical (unpaired) electrons. The van der Waals surface area contributed by atoms with Gasteiger partial charge in [-0.2, -0.15) is 0 Å². The SMILES string of the molecule is CC(C1CCCC1)N1CCCC1CC(=O)O. The first-order chi connectivity index (χ1) is 7.68. The van der Waals surface area contributed by atoms with Crippen LogP contribution >= 0.6 is 0 Å². The van der Waals surface area contributed by atoms with Crippen molar-refractivity contribution in [2.75, 3.05) is 6.54 Å². The van der Waals surface area contributed by atoms with Gasteiger partial charge in [-0.15, -0.1) is 0 Å². The minimum atomic E-state index is -0.643. The van der Waals surface area contributed by atoms with Crippen LogP contribution in [0.2, 0.25) is 0 Å². The summed E-state index contributed by atoms with van der Waals surface area (Å²) in [6.45, 7) is 3.41. The highest BCUT2D eigenvalue weighted by atomic mass is 16.4. The molecule has 16 heavy (non-hydrogen) atoms. The number of aliphatic carboxylic acids is 1. The van der Waals surface area contributed by atoms with Crippen LogP contribution in [0.15, 0.2) is 0 Å². The van der Waals surface area contributed by atoms with Crippen molar-refractivity contribution in [2.45, 2.75) is 64.0 Å². The van der Waals surface area contributed by atoms with E-state index in [1.165, 1.54) is 32.1 Å². The zero-order chi connectivity index (χ0) is 11.5. The second kappa shape index (κ2) is 5.17.